The summed E-state index contributed by atoms with van der Waals surface area (Å²) in [7, 11) is 1.72. The first-order valence-electron chi connectivity index (χ1n) is 12.5. The maximum absolute atomic E-state index is 13.9. The highest BCUT2D eigenvalue weighted by atomic mass is 16.5. The number of ether oxygens (including phenoxy) is 1. The van der Waals surface area contributed by atoms with Crippen molar-refractivity contribution in [2.24, 2.45) is 5.41 Å². The lowest BCUT2D eigenvalue weighted by Gasteiger charge is -2.42. The van der Waals surface area contributed by atoms with Crippen LogP contribution in [0.5, 0.6) is 5.75 Å². The van der Waals surface area contributed by atoms with Crippen LogP contribution in [0.3, 0.4) is 0 Å². The topological polar surface area (TPSA) is 99.8 Å². The fourth-order valence-corrected chi connectivity index (χ4v) is 5.59. The van der Waals surface area contributed by atoms with Crippen LogP contribution in [0.25, 0.3) is 0 Å². The van der Waals surface area contributed by atoms with Gasteiger partial charge in [-0.05, 0) is 51.1 Å². The number of amides is 3. The summed E-state index contributed by atoms with van der Waals surface area (Å²) in [6.07, 6.45) is 4.82. The lowest BCUT2D eigenvalue weighted by atomic mass is 9.77. The molecule has 3 amide bonds. The van der Waals surface area contributed by atoms with Gasteiger partial charge in [0.25, 0.3) is 0 Å². The summed E-state index contributed by atoms with van der Waals surface area (Å²) >= 11 is 0. The van der Waals surface area contributed by atoms with Crippen molar-refractivity contribution in [2.75, 3.05) is 13.7 Å². The van der Waals surface area contributed by atoms with Crippen molar-refractivity contribution < 1.29 is 19.1 Å². The molecule has 2 fully saturated rings. The van der Waals surface area contributed by atoms with Gasteiger partial charge in [-0.1, -0.05) is 38.5 Å². The number of benzene rings is 1. The average Bonchev–Trinajstić information content (AvgIpc) is 3.24. The molecule has 3 heterocycles. The number of nitrogens with zero attached hydrogens (tertiary/aromatic N) is 1. The molecular formula is C26H38N4O4. The zero-order chi connectivity index (χ0) is 24.5. The second-order valence-electron chi connectivity index (χ2n) is 10.6. The highest BCUT2D eigenvalue weighted by Crippen LogP contribution is 2.38. The molecular weight excluding hydrogens is 432 g/mol. The largest absolute Gasteiger partial charge is 0.493 e. The zero-order valence-electron chi connectivity index (χ0n) is 20.7. The maximum atomic E-state index is 13.9. The zero-order valence-corrected chi connectivity index (χ0v) is 20.7. The van der Waals surface area contributed by atoms with Crippen molar-refractivity contribution in [3.05, 3.63) is 29.8 Å². The van der Waals surface area contributed by atoms with Crippen LogP contribution < -0.4 is 20.7 Å². The quantitative estimate of drug-likeness (QED) is 0.613. The van der Waals surface area contributed by atoms with E-state index in [9.17, 15) is 14.4 Å². The Kier molecular flexibility index (Phi) is 7.17. The van der Waals surface area contributed by atoms with Crippen LogP contribution in [-0.4, -0.2) is 60.4 Å². The number of para-hydroxylation sites is 1. The summed E-state index contributed by atoms with van der Waals surface area (Å²) in [5, 5.41) is 9.14. The van der Waals surface area contributed by atoms with Crippen molar-refractivity contribution in [3.8, 4) is 5.75 Å². The van der Waals surface area contributed by atoms with Crippen LogP contribution >= 0.6 is 0 Å². The number of hydrogen-bond acceptors (Lipinski definition) is 5. The number of carbonyl (C=O) groups excluding carboxylic acids is 3. The smallest absolute Gasteiger partial charge is 0.246 e. The van der Waals surface area contributed by atoms with E-state index in [0.717, 1.165) is 37.0 Å². The molecule has 0 spiro atoms. The van der Waals surface area contributed by atoms with Gasteiger partial charge in [0.15, 0.2) is 0 Å². The Balaban J connectivity index is 1.55. The minimum absolute atomic E-state index is 0.0300. The molecule has 3 N–H and O–H groups in total. The summed E-state index contributed by atoms with van der Waals surface area (Å²) in [6.45, 7) is 6.38. The van der Waals surface area contributed by atoms with E-state index in [2.05, 4.69) is 16.0 Å². The molecule has 0 aromatic heterocycles. The molecule has 4 rings (SSSR count). The molecule has 0 radical (unpaired) electrons. The second-order valence-corrected chi connectivity index (χ2v) is 10.6. The van der Waals surface area contributed by atoms with Crippen molar-refractivity contribution >= 4 is 17.7 Å². The lowest BCUT2D eigenvalue weighted by Crippen LogP contribution is -2.62. The predicted octanol–water partition coefficient (Wildman–Crippen LogP) is 2.29. The number of fused-ring (bicyclic) bond motifs is 2. The van der Waals surface area contributed by atoms with Gasteiger partial charge < -0.3 is 25.6 Å². The Labute approximate surface area is 202 Å². The Morgan fingerprint density at radius 1 is 1.12 bits per heavy atom. The van der Waals surface area contributed by atoms with Gasteiger partial charge in [0.05, 0.1) is 18.7 Å². The molecule has 0 saturated carbocycles. The third kappa shape index (κ3) is 4.78. The lowest BCUT2D eigenvalue weighted by molar-refractivity contribution is -0.147. The van der Waals surface area contributed by atoms with Gasteiger partial charge in [0.1, 0.15) is 17.8 Å². The van der Waals surface area contributed by atoms with E-state index in [1.807, 2.05) is 38.1 Å². The van der Waals surface area contributed by atoms with Crippen molar-refractivity contribution in [1.29, 1.82) is 0 Å². The molecule has 3 aliphatic heterocycles. The van der Waals surface area contributed by atoms with Gasteiger partial charge in [0.2, 0.25) is 17.7 Å². The highest BCUT2D eigenvalue weighted by Gasteiger charge is 2.48. The molecule has 1 aromatic rings. The van der Waals surface area contributed by atoms with Gasteiger partial charge in [-0.3, -0.25) is 14.4 Å². The number of hydrogen-bond donors (Lipinski definition) is 3. The molecule has 8 nitrogen and oxygen atoms in total. The summed E-state index contributed by atoms with van der Waals surface area (Å²) < 4.78 is 5.74. The van der Waals surface area contributed by atoms with Crippen molar-refractivity contribution in [1.82, 2.24) is 20.9 Å². The van der Waals surface area contributed by atoms with E-state index in [0.29, 0.717) is 19.4 Å². The van der Waals surface area contributed by atoms with E-state index in [1.165, 1.54) is 0 Å². The van der Waals surface area contributed by atoms with E-state index >= 15 is 0 Å². The molecule has 8 heteroatoms. The van der Waals surface area contributed by atoms with E-state index in [1.54, 1.807) is 18.9 Å². The molecule has 1 unspecified atom stereocenters. The number of nitrogens with one attached hydrogen (secondary N) is 3. The van der Waals surface area contributed by atoms with Gasteiger partial charge in [0, 0.05) is 18.0 Å². The molecule has 0 bridgehead atoms. The first-order valence-corrected chi connectivity index (χ1v) is 12.5. The monoisotopic (exact) mass is 470 g/mol. The standard InChI is InChI=1S/C26H38N4O4/c1-16(27-4)23(31)29-22-25(33)30-17(8-7-14-26(22,2)3)11-12-20(30)24(32)28-19-13-15-34-21-10-6-5-9-18(19)21/h5-6,9-10,16-17,19-20,22,27H,7-8,11-15H2,1-4H3,(H,28,32)(H,29,31)/t16-,17-,19?,20-,22+/m0/s1. The maximum Gasteiger partial charge on any atom is 0.246 e. The van der Waals surface area contributed by atoms with Gasteiger partial charge in [-0.15, -0.1) is 0 Å². The Morgan fingerprint density at radius 3 is 2.65 bits per heavy atom. The minimum Gasteiger partial charge on any atom is -0.493 e. The molecule has 186 valence electrons. The van der Waals surface area contributed by atoms with Gasteiger partial charge in [-0.2, -0.15) is 0 Å². The Morgan fingerprint density at radius 2 is 1.88 bits per heavy atom. The molecule has 3 aliphatic rings. The molecule has 5 atom stereocenters. The van der Waals surface area contributed by atoms with Gasteiger partial charge in [-0.25, -0.2) is 0 Å². The van der Waals surface area contributed by atoms with Gasteiger partial charge >= 0.3 is 0 Å². The summed E-state index contributed by atoms with van der Waals surface area (Å²) in [5.41, 5.74) is 0.567. The van der Waals surface area contributed by atoms with Crippen LogP contribution in [0.4, 0.5) is 0 Å². The van der Waals surface area contributed by atoms with Crippen LogP contribution in [0.1, 0.15) is 70.9 Å². The minimum atomic E-state index is -0.671. The molecule has 34 heavy (non-hydrogen) atoms. The van der Waals surface area contributed by atoms with Crippen LogP contribution in [0.2, 0.25) is 0 Å². The third-order valence-corrected chi connectivity index (χ3v) is 7.83. The van der Waals surface area contributed by atoms with Crippen molar-refractivity contribution in [2.45, 2.75) is 89.5 Å². The molecule has 0 aliphatic carbocycles. The molecule has 2 saturated heterocycles. The first kappa shape index (κ1) is 24.5. The first-order chi connectivity index (χ1) is 16.2. The number of likely N-dealkylation sites (N-methyl/N-ethyl adjacent to an activating group) is 1. The Bertz CT molecular complexity index is 933. The predicted molar refractivity (Wildman–Crippen MR) is 129 cm³/mol. The molecule has 1 aromatic carbocycles. The van der Waals surface area contributed by atoms with Crippen molar-refractivity contribution in [3.63, 3.8) is 0 Å². The highest BCUT2D eigenvalue weighted by molar-refractivity contribution is 5.94. The fourth-order valence-electron chi connectivity index (χ4n) is 5.59. The number of carbonyl (C=O) groups is 3. The SMILES string of the molecule is CN[C@@H](C)C(=O)N[C@@H]1C(=O)N2[C@@H](CCCC1(C)C)CC[C@H]2C(=O)NC1CCOc2ccccc21. The third-order valence-electron chi connectivity index (χ3n) is 7.83. The van der Waals surface area contributed by atoms with E-state index in [-0.39, 0.29) is 29.8 Å². The van der Waals surface area contributed by atoms with Crippen LogP contribution in [0, 0.1) is 5.41 Å². The summed E-state index contributed by atoms with van der Waals surface area (Å²) in [4.78, 5) is 42.0. The normalized spacial score (nSPS) is 29.1. The number of rotatable bonds is 5. The summed E-state index contributed by atoms with van der Waals surface area (Å²) in [6, 6.07) is 6.06. The van der Waals surface area contributed by atoms with Crippen LogP contribution in [-0.2, 0) is 14.4 Å². The second kappa shape index (κ2) is 9.94. The fraction of sp³-hybridized carbons (Fsp3) is 0.654. The Hall–Kier alpha value is -2.61. The van der Waals surface area contributed by atoms with E-state index in [4.69, 9.17) is 4.74 Å². The summed E-state index contributed by atoms with van der Waals surface area (Å²) in [5.74, 6) is 0.333. The van der Waals surface area contributed by atoms with E-state index < -0.39 is 23.5 Å². The van der Waals surface area contributed by atoms with Crippen LogP contribution in [0.15, 0.2) is 24.3 Å². The average molecular weight is 471 g/mol.